The summed E-state index contributed by atoms with van der Waals surface area (Å²) in [6.45, 7) is 0. The largest absolute Gasteiger partial charge is 0.496 e. The van der Waals surface area contributed by atoms with E-state index in [2.05, 4.69) is 31.9 Å². The van der Waals surface area contributed by atoms with E-state index in [0.717, 1.165) is 18.7 Å². The number of hydrogen-bond acceptors (Lipinski definition) is 4. The number of benzene rings is 3. The Labute approximate surface area is 189 Å². The van der Waals surface area contributed by atoms with Gasteiger partial charge in [0.15, 0.2) is 0 Å². The monoisotopic (exact) mass is 530 g/mol. The lowest BCUT2D eigenvalue weighted by Crippen LogP contribution is -2.47. The van der Waals surface area contributed by atoms with Crippen molar-refractivity contribution in [2.24, 2.45) is 0 Å². The van der Waals surface area contributed by atoms with Crippen molar-refractivity contribution in [2.45, 2.75) is 5.72 Å². The summed E-state index contributed by atoms with van der Waals surface area (Å²) < 4.78 is 6.99. The van der Waals surface area contributed by atoms with E-state index in [4.69, 9.17) is 4.74 Å². The van der Waals surface area contributed by atoms with Crippen molar-refractivity contribution in [3.8, 4) is 5.75 Å². The van der Waals surface area contributed by atoms with E-state index >= 15 is 0 Å². The summed E-state index contributed by atoms with van der Waals surface area (Å²) in [7, 11) is 1.44. The second-order valence-electron chi connectivity index (χ2n) is 6.58. The first-order valence-electron chi connectivity index (χ1n) is 8.93. The highest BCUT2D eigenvalue weighted by Gasteiger charge is 2.60. The third kappa shape index (κ3) is 3.21. The zero-order valence-electron chi connectivity index (χ0n) is 15.8. The Hall–Kier alpha value is -2.68. The van der Waals surface area contributed by atoms with Crippen molar-refractivity contribution >= 4 is 55.2 Å². The molecule has 152 valence electrons. The molecule has 1 saturated heterocycles. The van der Waals surface area contributed by atoms with Crippen LogP contribution < -0.4 is 14.5 Å². The number of para-hydroxylation sites is 1. The lowest BCUT2D eigenvalue weighted by atomic mass is 9.99. The van der Waals surface area contributed by atoms with E-state index in [-0.39, 0.29) is 5.56 Å². The molecule has 0 aliphatic carbocycles. The van der Waals surface area contributed by atoms with Gasteiger partial charge in [0.2, 0.25) is 0 Å². The molecule has 0 bridgehead atoms. The molecular formula is C22H16Br2N2O4. The Bertz CT molecular complexity index is 1120. The maximum Gasteiger partial charge on any atom is 0.339 e. The molecule has 0 spiro atoms. The second-order valence-corrected chi connectivity index (χ2v) is 8.42. The molecule has 1 N–H and O–H groups in total. The van der Waals surface area contributed by atoms with Crippen LogP contribution in [0.15, 0.2) is 81.7 Å². The Morgan fingerprint density at radius 1 is 0.833 bits per heavy atom. The Kier molecular flexibility index (Phi) is 5.40. The standard InChI is InChI=1S/C22H16Br2N2O4/c1-30-19-5-3-2-4-18(19)22(29)20(27)25(16-10-6-14(23)7-11-16)21(28)26(22)17-12-8-15(24)9-13-17/h2-13,29H,1H3. The average molecular weight is 532 g/mol. The zero-order valence-corrected chi connectivity index (χ0v) is 18.9. The van der Waals surface area contributed by atoms with Crippen molar-refractivity contribution in [3.05, 3.63) is 87.3 Å². The van der Waals surface area contributed by atoms with Crippen LogP contribution in [0.2, 0.25) is 0 Å². The molecule has 1 atom stereocenters. The highest BCUT2D eigenvalue weighted by atomic mass is 79.9. The quantitative estimate of drug-likeness (QED) is 0.479. The fourth-order valence-corrected chi connectivity index (χ4v) is 3.98. The van der Waals surface area contributed by atoms with Gasteiger partial charge in [0, 0.05) is 14.6 Å². The lowest BCUT2D eigenvalue weighted by Gasteiger charge is -2.31. The molecule has 1 unspecified atom stereocenters. The summed E-state index contributed by atoms with van der Waals surface area (Å²) in [5, 5.41) is 11.8. The van der Waals surface area contributed by atoms with Gasteiger partial charge >= 0.3 is 6.03 Å². The van der Waals surface area contributed by atoms with E-state index in [1.165, 1.54) is 7.11 Å². The first-order chi connectivity index (χ1) is 14.4. The van der Waals surface area contributed by atoms with Gasteiger partial charge in [-0.25, -0.2) is 9.69 Å². The first kappa shape index (κ1) is 20.6. The smallest absolute Gasteiger partial charge is 0.339 e. The number of rotatable bonds is 4. The predicted octanol–water partition coefficient (Wildman–Crippen LogP) is 5.04. The van der Waals surface area contributed by atoms with Gasteiger partial charge in [0.1, 0.15) is 5.75 Å². The van der Waals surface area contributed by atoms with Crippen LogP contribution in [0.5, 0.6) is 5.75 Å². The third-order valence-corrected chi connectivity index (χ3v) is 5.92. The van der Waals surface area contributed by atoms with Crippen LogP contribution in [-0.4, -0.2) is 24.2 Å². The van der Waals surface area contributed by atoms with Gasteiger partial charge in [-0.1, -0.05) is 44.0 Å². The average Bonchev–Trinajstić information content (AvgIpc) is 2.96. The molecule has 8 heteroatoms. The van der Waals surface area contributed by atoms with E-state index in [1.54, 1.807) is 72.8 Å². The molecule has 6 nitrogen and oxygen atoms in total. The summed E-state index contributed by atoms with van der Waals surface area (Å²) in [5.41, 5.74) is -1.40. The molecule has 3 amide bonds. The highest BCUT2D eigenvalue weighted by molar-refractivity contribution is 9.10. The van der Waals surface area contributed by atoms with Crippen LogP contribution in [0.1, 0.15) is 5.56 Å². The number of anilines is 2. The van der Waals surface area contributed by atoms with Crippen LogP contribution in [-0.2, 0) is 10.5 Å². The minimum Gasteiger partial charge on any atom is -0.496 e. The van der Waals surface area contributed by atoms with Gasteiger partial charge in [0.05, 0.1) is 18.4 Å². The zero-order chi connectivity index (χ0) is 21.5. The van der Waals surface area contributed by atoms with Gasteiger partial charge < -0.3 is 9.84 Å². The van der Waals surface area contributed by atoms with Crippen LogP contribution >= 0.6 is 31.9 Å². The van der Waals surface area contributed by atoms with Crippen LogP contribution in [0.4, 0.5) is 16.2 Å². The fraction of sp³-hybridized carbons (Fsp3) is 0.0909. The van der Waals surface area contributed by atoms with Gasteiger partial charge in [-0.3, -0.25) is 9.69 Å². The number of halogens is 2. The summed E-state index contributed by atoms with van der Waals surface area (Å²) in [4.78, 5) is 29.1. The van der Waals surface area contributed by atoms with E-state index in [9.17, 15) is 14.7 Å². The van der Waals surface area contributed by atoms with Crippen LogP contribution in [0.3, 0.4) is 0 Å². The topological polar surface area (TPSA) is 70.1 Å². The Morgan fingerprint density at radius 2 is 1.37 bits per heavy atom. The maximum atomic E-state index is 13.6. The summed E-state index contributed by atoms with van der Waals surface area (Å²) in [6.07, 6.45) is 0. The molecule has 0 radical (unpaired) electrons. The minimum absolute atomic E-state index is 0.174. The number of carbonyl (C=O) groups excluding carboxylic acids is 2. The maximum absolute atomic E-state index is 13.6. The Balaban J connectivity index is 1.94. The van der Waals surface area contributed by atoms with Crippen molar-refractivity contribution in [3.63, 3.8) is 0 Å². The highest BCUT2D eigenvalue weighted by Crippen LogP contribution is 2.44. The number of nitrogens with zero attached hydrogens (tertiary/aromatic N) is 2. The van der Waals surface area contributed by atoms with Crippen molar-refractivity contribution < 1.29 is 19.4 Å². The number of aliphatic hydroxyl groups is 1. The molecule has 1 aliphatic rings. The summed E-state index contributed by atoms with van der Waals surface area (Å²) in [5.74, 6) is -0.497. The van der Waals surface area contributed by atoms with Gasteiger partial charge in [-0.2, -0.15) is 0 Å². The van der Waals surface area contributed by atoms with Gasteiger partial charge in [-0.05, 0) is 60.7 Å². The van der Waals surface area contributed by atoms with Crippen molar-refractivity contribution in [1.82, 2.24) is 0 Å². The predicted molar refractivity (Wildman–Crippen MR) is 121 cm³/mol. The summed E-state index contributed by atoms with van der Waals surface area (Å²) in [6, 6.07) is 19.4. The SMILES string of the molecule is COc1ccccc1C1(O)C(=O)N(c2ccc(Br)cc2)C(=O)N1c1ccc(Br)cc1. The number of hydrogen-bond donors (Lipinski definition) is 1. The molecule has 3 aromatic rings. The number of imide groups is 1. The third-order valence-electron chi connectivity index (χ3n) is 4.86. The molecule has 0 aromatic heterocycles. The summed E-state index contributed by atoms with van der Waals surface area (Å²) >= 11 is 6.71. The van der Waals surface area contributed by atoms with E-state index in [1.807, 2.05) is 0 Å². The number of methoxy groups -OCH3 is 1. The van der Waals surface area contributed by atoms with Crippen molar-refractivity contribution in [1.29, 1.82) is 0 Å². The molecule has 1 aliphatic heterocycles. The van der Waals surface area contributed by atoms with Crippen LogP contribution in [0.25, 0.3) is 0 Å². The van der Waals surface area contributed by atoms with Crippen molar-refractivity contribution in [2.75, 3.05) is 16.9 Å². The molecule has 0 saturated carbocycles. The normalized spacial score (nSPS) is 18.8. The van der Waals surface area contributed by atoms with E-state index in [0.29, 0.717) is 17.1 Å². The number of urea groups is 1. The molecule has 1 heterocycles. The molecular weight excluding hydrogens is 516 g/mol. The molecule has 4 rings (SSSR count). The molecule has 3 aromatic carbocycles. The number of ether oxygens (including phenoxy) is 1. The number of carbonyl (C=O) groups is 2. The van der Waals surface area contributed by atoms with E-state index < -0.39 is 17.7 Å². The van der Waals surface area contributed by atoms with Gasteiger partial charge in [-0.15, -0.1) is 0 Å². The number of amides is 3. The Morgan fingerprint density at radius 3 is 1.93 bits per heavy atom. The molecule has 30 heavy (non-hydrogen) atoms. The minimum atomic E-state index is -2.29. The fourth-order valence-electron chi connectivity index (χ4n) is 3.45. The lowest BCUT2D eigenvalue weighted by molar-refractivity contribution is -0.133. The van der Waals surface area contributed by atoms with Gasteiger partial charge in [0.25, 0.3) is 11.6 Å². The first-order valence-corrected chi connectivity index (χ1v) is 10.5. The molecule has 1 fully saturated rings. The van der Waals surface area contributed by atoms with Crippen LogP contribution in [0, 0.1) is 0 Å². The second kappa shape index (κ2) is 7.86.